The molecule has 0 saturated heterocycles. The van der Waals surface area contributed by atoms with Gasteiger partial charge in [-0.15, -0.1) is 11.3 Å². The van der Waals surface area contributed by atoms with Crippen LogP contribution >= 0.6 is 11.3 Å². The fourth-order valence-electron chi connectivity index (χ4n) is 2.10. The number of nitrogens with one attached hydrogen (secondary N) is 2. The quantitative estimate of drug-likeness (QED) is 0.772. The average molecular weight is 297 g/mol. The number of thiophene rings is 1. The molecule has 0 atom stereocenters. The predicted octanol–water partition coefficient (Wildman–Crippen LogP) is 3.63. The van der Waals surface area contributed by atoms with E-state index in [0.717, 1.165) is 27.5 Å². The van der Waals surface area contributed by atoms with Gasteiger partial charge < -0.3 is 5.32 Å². The first-order valence-corrected chi connectivity index (χ1v) is 7.53. The van der Waals surface area contributed by atoms with E-state index in [1.807, 2.05) is 54.8 Å². The van der Waals surface area contributed by atoms with E-state index in [9.17, 15) is 4.79 Å². The monoisotopic (exact) mass is 297 g/mol. The fraction of sp³-hybridized carbons (Fsp3) is 0.125. The lowest BCUT2D eigenvalue weighted by molar-refractivity contribution is -0.115. The number of carbonyl (C=O) groups is 1. The third kappa shape index (κ3) is 3.38. The van der Waals surface area contributed by atoms with E-state index in [1.165, 1.54) is 0 Å². The summed E-state index contributed by atoms with van der Waals surface area (Å²) in [7, 11) is 0. The molecule has 0 radical (unpaired) electrons. The van der Waals surface area contributed by atoms with Gasteiger partial charge in [0.15, 0.2) is 0 Å². The van der Waals surface area contributed by atoms with Gasteiger partial charge >= 0.3 is 0 Å². The van der Waals surface area contributed by atoms with Gasteiger partial charge in [0.05, 0.1) is 12.1 Å². The predicted molar refractivity (Wildman–Crippen MR) is 85.4 cm³/mol. The van der Waals surface area contributed by atoms with Crippen molar-refractivity contribution in [3.05, 3.63) is 58.4 Å². The number of aromatic amines is 1. The number of nitrogens with zero attached hydrogens (tertiary/aromatic N) is 1. The molecule has 0 fully saturated rings. The van der Waals surface area contributed by atoms with Crippen LogP contribution < -0.4 is 5.32 Å². The van der Waals surface area contributed by atoms with Crippen LogP contribution in [-0.2, 0) is 11.2 Å². The largest absolute Gasteiger partial charge is 0.326 e. The molecule has 0 bridgehead atoms. The third-order valence-electron chi connectivity index (χ3n) is 3.06. The van der Waals surface area contributed by atoms with E-state index in [0.29, 0.717) is 6.42 Å². The minimum absolute atomic E-state index is 0.00666. The molecule has 1 aromatic carbocycles. The number of aromatic nitrogens is 2. The number of H-pyrrole nitrogens is 1. The molecule has 2 aromatic heterocycles. The van der Waals surface area contributed by atoms with Gasteiger partial charge in [-0.3, -0.25) is 9.89 Å². The SMILES string of the molecule is Cc1cc(-c2cccc(NC(=O)Cc3cccs3)c2)n[nH]1. The second kappa shape index (κ2) is 5.93. The minimum atomic E-state index is -0.00666. The zero-order valence-corrected chi connectivity index (χ0v) is 12.4. The molecule has 0 aliphatic rings. The number of rotatable bonds is 4. The van der Waals surface area contributed by atoms with Crippen molar-refractivity contribution in [1.82, 2.24) is 10.2 Å². The highest BCUT2D eigenvalue weighted by Crippen LogP contribution is 2.21. The summed E-state index contributed by atoms with van der Waals surface area (Å²) in [4.78, 5) is 13.1. The van der Waals surface area contributed by atoms with Gasteiger partial charge in [-0.2, -0.15) is 5.10 Å². The van der Waals surface area contributed by atoms with Gasteiger partial charge in [-0.25, -0.2) is 0 Å². The van der Waals surface area contributed by atoms with E-state index in [2.05, 4.69) is 15.5 Å². The van der Waals surface area contributed by atoms with Crippen molar-refractivity contribution in [3.63, 3.8) is 0 Å². The molecular weight excluding hydrogens is 282 g/mol. The summed E-state index contributed by atoms with van der Waals surface area (Å²) in [6.07, 6.45) is 0.406. The first-order valence-electron chi connectivity index (χ1n) is 6.65. The summed E-state index contributed by atoms with van der Waals surface area (Å²) in [5.41, 5.74) is 3.65. The molecule has 2 N–H and O–H groups in total. The van der Waals surface area contributed by atoms with Gasteiger partial charge in [0.1, 0.15) is 0 Å². The highest BCUT2D eigenvalue weighted by Gasteiger charge is 2.07. The highest BCUT2D eigenvalue weighted by molar-refractivity contribution is 7.10. The molecule has 4 nitrogen and oxygen atoms in total. The van der Waals surface area contributed by atoms with Crippen LogP contribution in [0.25, 0.3) is 11.3 Å². The molecule has 2 heterocycles. The van der Waals surface area contributed by atoms with Crippen LogP contribution in [0.2, 0.25) is 0 Å². The normalized spacial score (nSPS) is 10.5. The maximum Gasteiger partial charge on any atom is 0.229 e. The molecule has 0 unspecified atom stereocenters. The van der Waals surface area contributed by atoms with Crippen molar-refractivity contribution in [1.29, 1.82) is 0 Å². The molecule has 3 aromatic rings. The van der Waals surface area contributed by atoms with Crippen molar-refractivity contribution < 1.29 is 4.79 Å². The van der Waals surface area contributed by atoms with Crippen LogP contribution in [0.15, 0.2) is 47.8 Å². The summed E-state index contributed by atoms with van der Waals surface area (Å²) < 4.78 is 0. The highest BCUT2D eigenvalue weighted by atomic mass is 32.1. The zero-order valence-electron chi connectivity index (χ0n) is 11.6. The van der Waals surface area contributed by atoms with E-state index >= 15 is 0 Å². The zero-order chi connectivity index (χ0) is 14.7. The summed E-state index contributed by atoms with van der Waals surface area (Å²) in [6.45, 7) is 1.96. The Morgan fingerprint density at radius 1 is 1.29 bits per heavy atom. The standard InChI is InChI=1S/C16H15N3OS/c1-11-8-15(19-18-11)12-4-2-5-13(9-12)17-16(20)10-14-6-3-7-21-14/h2-9H,10H2,1H3,(H,17,20)(H,18,19). The Hall–Kier alpha value is -2.40. The van der Waals surface area contributed by atoms with Gasteiger partial charge in [0.25, 0.3) is 0 Å². The van der Waals surface area contributed by atoms with Crippen molar-refractivity contribution in [2.45, 2.75) is 13.3 Å². The number of hydrogen-bond donors (Lipinski definition) is 2. The fourth-order valence-corrected chi connectivity index (χ4v) is 2.80. The third-order valence-corrected chi connectivity index (χ3v) is 3.94. The number of anilines is 1. The smallest absolute Gasteiger partial charge is 0.229 e. The Morgan fingerprint density at radius 2 is 2.19 bits per heavy atom. The first kappa shape index (κ1) is 13.6. The molecule has 0 spiro atoms. The number of amides is 1. The van der Waals surface area contributed by atoms with Crippen molar-refractivity contribution in [2.75, 3.05) is 5.32 Å². The van der Waals surface area contributed by atoms with Crippen LogP contribution in [0.4, 0.5) is 5.69 Å². The Bertz CT molecular complexity index is 746. The summed E-state index contributed by atoms with van der Waals surface area (Å²) in [6, 6.07) is 13.6. The summed E-state index contributed by atoms with van der Waals surface area (Å²) >= 11 is 1.59. The Balaban J connectivity index is 1.72. The Labute approximate surface area is 126 Å². The van der Waals surface area contributed by atoms with Crippen LogP contribution in [0.5, 0.6) is 0 Å². The van der Waals surface area contributed by atoms with E-state index in [1.54, 1.807) is 11.3 Å². The molecule has 0 aliphatic carbocycles. The molecule has 106 valence electrons. The van der Waals surface area contributed by atoms with E-state index in [-0.39, 0.29) is 5.91 Å². The van der Waals surface area contributed by atoms with Crippen LogP contribution in [0.3, 0.4) is 0 Å². The first-order chi connectivity index (χ1) is 10.2. The van der Waals surface area contributed by atoms with Crippen LogP contribution in [0, 0.1) is 6.92 Å². The second-order valence-electron chi connectivity index (χ2n) is 4.82. The van der Waals surface area contributed by atoms with Gasteiger partial charge in [0, 0.05) is 21.8 Å². The molecule has 0 aliphatic heterocycles. The summed E-state index contributed by atoms with van der Waals surface area (Å²) in [5, 5.41) is 12.1. The van der Waals surface area contributed by atoms with Crippen LogP contribution in [-0.4, -0.2) is 16.1 Å². The second-order valence-corrected chi connectivity index (χ2v) is 5.85. The molecule has 5 heteroatoms. The van der Waals surface area contributed by atoms with E-state index < -0.39 is 0 Å². The van der Waals surface area contributed by atoms with Gasteiger partial charge in [-0.05, 0) is 36.6 Å². The van der Waals surface area contributed by atoms with Crippen molar-refractivity contribution in [3.8, 4) is 11.3 Å². The lowest BCUT2D eigenvalue weighted by atomic mass is 10.1. The number of benzene rings is 1. The molecule has 3 rings (SSSR count). The maximum absolute atomic E-state index is 12.0. The van der Waals surface area contributed by atoms with Crippen molar-refractivity contribution in [2.24, 2.45) is 0 Å². The van der Waals surface area contributed by atoms with Gasteiger partial charge in [0.2, 0.25) is 5.91 Å². The minimum Gasteiger partial charge on any atom is -0.326 e. The lowest BCUT2D eigenvalue weighted by Gasteiger charge is -2.06. The van der Waals surface area contributed by atoms with Crippen LogP contribution in [0.1, 0.15) is 10.6 Å². The average Bonchev–Trinajstić information content (AvgIpc) is 3.10. The lowest BCUT2D eigenvalue weighted by Crippen LogP contribution is -2.13. The Morgan fingerprint density at radius 3 is 2.90 bits per heavy atom. The molecule has 21 heavy (non-hydrogen) atoms. The topological polar surface area (TPSA) is 57.8 Å². The van der Waals surface area contributed by atoms with Crippen molar-refractivity contribution >= 4 is 22.9 Å². The van der Waals surface area contributed by atoms with Gasteiger partial charge in [-0.1, -0.05) is 18.2 Å². The molecule has 1 amide bonds. The number of carbonyl (C=O) groups excluding carboxylic acids is 1. The summed E-state index contributed by atoms with van der Waals surface area (Å²) in [5.74, 6) is -0.00666. The van der Waals surface area contributed by atoms with E-state index in [4.69, 9.17) is 0 Å². The number of aryl methyl sites for hydroxylation is 1. The maximum atomic E-state index is 12.0. The molecular formula is C16H15N3OS. The number of hydrogen-bond acceptors (Lipinski definition) is 3. The molecule has 0 saturated carbocycles. The Kier molecular flexibility index (Phi) is 3.83.